The maximum Gasteiger partial charge on any atom is 0.229 e. The van der Waals surface area contributed by atoms with Crippen molar-refractivity contribution in [2.75, 3.05) is 12.9 Å². The third-order valence-electron chi connectivity index (χ3n) is 5.62. The molecule has 150 valence electrons. The number of Topliss-reactive ketones (excluding diaryl/α,β-unsaturated/α-hetero) is 1. The van der Waals surface area contributed by atoms with Crippen LogP contribution in [0.25, 0.3) is 0 Å². The van der Waals surface area contributed by atoms with Crippen LogP contribution in [0.4, 0.5) is 0 Å². The van der Waals surface area contributed by atoms with Crippen molar-refractivity contribution in [2.45, 2.75) is 43.8 Å². The second kappa shape index (κ2) is 7.67. The Hall–Kier alpha value is -2.19. The van der Waals surface area contributed by atoms with E-state index < -0.39 is 5.92 Å². The van der Waals surface area contributed by atoms with Crippen LogP contribution < -0.4 is 20.7 Å². The fourth-order valence-electron chi connectivity index (χ4n) is 4.42. The van der Waals surface area contributed by atoms with Crippen LogP contribution in [0, 0.1) is 5.92 Å². The van der Waals surface area contributed by atoms with Gasteiger partial charge in [0, 0.05) is 23.6 Å². The number of rotatable bonds is 4. The third kappa shape index (κ3) is 3.24. The van der Waals surface area contributed by atoms with Gasteiger partial charge in [0.2, 0.25) is 5.91 Å². The van der Waals surface area contributed by atoms with Crippen LogP contribution in [0.3, 0.4) is 0 Å². The Kier molecular flexibility index (Phi) is 5.25. The summed E-state index contributed by atoms with van der Waals surface area (Å²) in [7, 11) is 1.49. The van der Waals surface area contributed by atoms with E-state index in [2.05, 4.69) is 16.0 Å². The second-order valence-electron chi connectivity index (χ2n) is 7.24. The number of hydrogen-bond acceptors (Lipinski definition) is 7. The highest BCUT2D eigenvalue weighted by Crippen LogP contribution is 2.45. The molecule has 4 unspecified atom stereocenters. The number of hydrogen-bond donors (Lipinski definition) is 4. The molecule has 0 radical (unpaired) electrons. The standard InChI is InChI=1S/C20H25N3O4S/c1-3-28-20-22-18-17(19(26)23-20)15(10-7-8-12(24)14(9-10)27-2)16-11(21-18)5-4-6-13(16)25/h7-9,15,17-18,20-22,24H,3-6H2,1-2H3,(H,23,26). The molecule has 3 aliphatic rings. The van der Waals surface area contributed by atoms with Gasteiger partial charge in [-0.15, -0.1) is 11.8 Å². The number of methoxy groups -OCH3 is 1. The highest BCUT2D eigenvalue weighted by Gasteiger charge is 2.49. The van der Waals surface area contributed by atoms with Gasteiger partial charge in [-0.25, -0.2) is 0 Å². The summed E-state index contributed by atoms with van der Waals surface area (Å²) in [5.74, 6) is 0.396. The lowest BCUT2D eigenvalue weighted by Gasteiger charge is -2.47. The Balaban J connectivity index is 1.80. The average molecular weight is 404 g/mol. The molecule has 8 heteroatoms. The number of ketones is 1. The van der Waals surface area contributed by atoms with E-state index in [1.807, 2.05) is 6.92 Å². The van der Waals surface area contributed by atoms with Crippen LogP contribution in [0.2, 0.25) is 0 Å². The Labute approximate surface area is 168 Å². The zero-order valence-electron chi connectivity index (χ0n) is 16.0. The molecule has 0 aromatic heterocycles. The van der Waals surface area contributed by atoms with Gasteiger partial charge < -0.3 is 20.5 Å². The lowest BCUT2D eigenvalue weighted by Crippen LogP contribution is -2.67. The van der Waals surface area contributed by atoms with Crippen LogP contribution in [0.5, 0.6) is 11.5 Å². The van der Waals surface area contributed by atoms with E-state index >= 15 is 0 Å². The first-order chi connectivity index (χ1) is 13.5. The number of nitrogens with one attached hydrogen (secondary N) is 3. The van der Waals surface area contributed by atoms with E-state index in [0.29, 0.717) is 17.7 Å². The lowest BCUT2D eigenvalue weighted by atomic mass is 9.70. The molecule has 0 spiro atoms. The molecule has 2 aliphatic heterocycles. The molecule has 4 N–H and O–H groups in total. The van der Waals surface area contributed by atoms with E-state index in [1.165, 1.54) is 7.11 Å². The molecule has 4 rings (SSSR count). The van der Waals surface area contributed by atoms with Gasteiger partial charge in [0.15, 0.2) is 17.3 Å². The number of amides is 1. The maximum atomic E-state index is 13.1. The summed E-state index contributed by atoms with van der Waals surface area (Å²) in [6.07, 6.45) is 1.84. The topological polar surface area (TPSA) is 99.7 Å². The van der Waals surface area contributed by atoms with Crippen molar-refractivity contribution in [1.82, 2.24) is 16.0 Å². The van der Waals surface area contributed by atoms with Crippen molar-refractivity contribution >= 4 is 23.5 Å². The summed E-state index contributed by atoms with van der Waals surface area (Å²) in [4.78, 5) is 25.9. The zero-order valence-corrected chi connectivity index (χ0v) is 16.8. The van der Waals surface area contributed by atoms with Gasteiger partial charge in [0.25, 0.3) is 0 Å². The van der Waals surface area contributed by atoms with E-state index in [9.17, 15) is 14.7 Å². The van der Waals surface area contributed by atoms with Gasteiger partial charge in [0.1, 0.15) is 5.50 Å². The van der Waals surface area contributed by atoms with Gasteiger partial charge in [-0.3, -0.25) is 14.9 Å². The SMILES string of the molecule is CCSC1NC(=O)C2C(NC3=C(C(=O)CCC3)C2c2ccc(O)c(OC)c2)N1. The largest absolute Gasteiger partial charge is 0.504 e. The number of ether oxygens (including phenoxy) is 1. The van der Waals surface area contributed by atoms with Gasteiger partial charge in [-0.2, -0.15) is 0 Å². The molecule has 1 saturated heterocycles. The van der Waals surface area contributed by atoms with Gasteiger partial charge in [-0.05, 0) is 36.3 Å². The normalized spacial score (nSPS) is 29.5. The van der Waals surface area contributed by atoms with Gasteiger partial charge in [-0.1, -0.05) is 13.0 Å². The number of phenolic OH excluding ortho intramolecular Hbond substituents is 1. The molecule has 7 nitrogen and oxygen atoms in total. The predicted octanol–water partition coefficient (Wildman–Crippen LogP) is 1.79. The molecule has 1 aliphatic carbocycles. The van der Waals surface area contributed by atoms with E-state index in [1.54, 1.807) is 30.0 Å². The Morgan fingerprint density at radius 1 is 1.25 bits per heavy atom. The molecular formula is C20H25N3O4S. The summed E-state index contributed by atoms with van der Waals surface area (Å²) < 4.78 is 5.27. The van der Waals surface area contributed by atoms with Crippen molar-refractivity contribution in [3.63, 3.8) is 0 Å². The number of fused-ring (bicyclic) bond motifs is 1. The second-order valence-corrected chi connectivity index (χ2v) is 8.62. The number of phenols is 1. The predicted molar refractivity (Wildman–Crippen MR) is 107 cm³/mol. The van der Waals surface area contributed by atoms with E-state index in [4.69, 9.17) is 4.74 Å². The van der Waals surface area contributed by atoms with Crippen LogP contribution >= 0.6 is 11.8 Å². The first-order valence-electron chi connectivity index (χ1n) is 9.61. The Morgan fingerprint density at radius 3 is 2.82 bits per heavy atom. The molecule has 0 bridgehead atoms. The monoisotopic (exact) mass is 403 g/mol. The number of allylic oxidation sites excluding steroid dienone is 2. The number of benzene rings is 1. The average Bonchev–Trinajstić information content (AvgIpc) is 2.67. The smallest absolute Gasteiger partial charge is 0.229 e. The van der Waals surface area contributed by atoms with Crippen LogP contribution in [-0.4, -0.2) is 41.3 Å². The van der Waals surface area contributed by atoms with Crippen molar-refractivity contribution in [3.05, 3.63) is 35.0 Å². The minimum atomic E-state index is -0.469. The van der Waals surface area contributed by atoms with Crippen molar-refractivity contribution in [1.29, 1.82) is 0 Å². The van der Waals surface area contributed by atoms with Crippen LogP contribution in [-0.2, 0) is 9.59 Å². The first kappa shape index (κ1) is 19.1. The molecular weight excluding hydrogens is 378 g/mol. The summed E-state index contributed by atoms with van der Waals surface area (Å²) in [6.45, 7) is 2.05. The van der Waals surface area contributed by atoms with E-state index in [-0.39, 0.29) is 35.0 Å². The first-order valence-corrected chi connectivity index (χ1v) is 10.7. The quantitative estimate of drug-likeness (QED) is 0.608. The molecule has 4 atom stereocenters. The highest BCUT2D eigenvalue weighted by molar-refractivity contribution is 7.99. The molecule has 1 amide bonds. The zero-order chi connectivity index (χ0) is 19.8. The number of aromatic hydroxyl groups is 1. The molecule has 2 heterocycles. The summed E-state index contributed by atoms with van der Waals surface area (Å²) >= 11 is 1.63. The summed E-state index contributed by atoms with van der Waals surface area (Å²) in [5, 5.41) is 19.9. The number of carbonyl (C=O) groups excluding carboxylic acids is 2. The Morgan fingerprint density at radius 2 is 2.07 bits per heavy atom. The molecule has 1 aromatic carbocycles. The van der Waals surface area contributed by atoms with Gasteiger partial charge in [0.05, 0.1) is 19.2 Å². The Bertz CT molecular complexity index is 841. The third-order valence-corrected chi connectivity index (χ3v) is 6.54. The number of thioether (sulfide) groups is 1. The molecule has 28 heavy (non-hydrogen) atoms. The fraction of sp³-hybridized carbons (Fsp3) is 0.500. The summed E-state index contributed by atoms with van der Waals surface area (Å²) in [5.41, 5.74) is 2.26. The highest BCUT2D eigenvalue weighted by atomic mass is 32.2. The van der Waals surface area contributed by atoms with Crippen molar-refractivity contribution < 1.29 is 19.4 Å². The maximum absolute atomic E-state index is 13.1. The minimum absolute atomic E-state index is 0.0338. The van der Waals surface area contributed by atoms with Crippen molar-refractivity contribution in [3.8, 4) is 11.5 Å². The number of carbonyl (C=O) groups is 2. The molecule has 1 fully saturated rings. The fourth-order valence-corrected chi connectivity index (χ4v) is 5.20. The van der Waals surface area contributed by atoms with Gasteiger partial charge >= 0.3 is 0 Å². The summed E-state index contributed by atoms with van der Waals surface area (Å²) in [6, 6.07) is 5.06. The van der Waals surface area contributed by atoms with Crippen LogP contribution in [0.1, 0.15) is 37.7 Å². The van der Waals surface area contributed by atoms with Crippen molar-refractivity contribution in [2.24, 2.45) is 5.92 Å². The van der Waals surface area contributed by atoms with E-state index in [0.717, 1.165) is 29.9 Å². The van der Waals surface area contributed by atoms with Crippen LogP contribution in [0.15, 0.2) is 29.5 Å². The minimum Gasteiger partial charge on any atom is -0.504 e. The lowest BCUT2D eigenvalue weighted by molar-refractivity contribution is -0.130. The molecule has 0 saturated carbocycles. The molecule has 1 aromatic rings.